The number of nitriles is 1. The Morgan fingerprint density at radius 2 is 2.25 bits per heavy atom. The van der Waals surface area contributed by atoms with Gasteiger partial charge in [-0.05, 0) is 19.8 Å². The zero-order valence-electron chi connectivity index (χ0n) is 14.1. The van der Waals surface area contributed by atoms with Gasteiger partial charge < -0.3 is 0 Å². The van der Waals surface area contributed by atoms with Crippen molar-refractivity contribution in [1.29, 1.82) is 5.26 Å². The van der Waals surface area contributed by atoms with Gasteiger partial charge in [0, 0.05) is 39.7 Å². The summed E-state index contributed by atoms with van der Waals surface area (Å²) >= 11 is 0. The number of nitrogens with one attached hydrogen (secondary N) is 1. The van der Waals surface area contributed by atoms with Gasteiger partial charge in [0.15, 0.2) is 0 Å². The van der Waals surface area contributed by atoms with Crippen LogP contribution in [0.1, 0.15) is 25.0 Å². The van der Waals surface area contributed by atoms with Crippen LogP contribution < -0.4 is 9.62 Å². The predicted molar refractivity (Wildman–Crippen MR) is 88.2 cm³/mol. The molecule has 0 radical (unpaired) electrons. The van der Waals surface area contributed by atoms with E-state index in [0.29, 0.717) is 25.2 Å². The van der Waals surface area contributed by atoms with E-state index >= 15 is 0 Å². The second kappa shape index (κ2) is 7.29. The van der Waals surface area contributed by atoms with Crippen molar-refractivity contribution in [2.45, 2.75) is 32.2 Å². The first-order valence-corrected chi connectivity index (χ1v) is 9.13. The number of hydrogen-bond acceptors (Lipinski definition) is 5. The molecular formula is C14H22N6O3S. The minimum absolute atomic E-state index is 0.0807. The number of anilines is 1. The molecule has 0 saturated carbocycles. The van der Waals surface area contributed by atoms with Gasteiger partial charge in [-0.15, -0.1) is 0 Å². The molecule has 0 spiro atoms. The number of nitrogens with zero attached hydrogens (tertiary/aromatic N) is 5. The molecular weight excluding hydrogens is 332 g/mol. The Morgan fingerprint density at radius 1 is 1.54 bits per heavy atom. The minimum Gasteiger partial charge on any atom is -0.296 e. The summed E-state index contributed by atoms with van der Waals surface area (Å²) < 4.78 is 29.7. The maximum Gasteiger partial charge on any atom is 0.279 e. The fourth-order valence-electron chi connectivity index (χ4n) is 2.66. The summed E-state index contributed by atoms with van der Waals surface area (Å²) in [7, 11) is -0.680. The van der Waals surface area contributed by atoms with Crippen LogP contribution in [0.25, 0.3) is 0 Å². The van der Waals surface area contributed by atoms with Crippen molar-refractivity contribution in [1.82, 2.24) is 18.8 Å². The van der Waals surface area contributed by atoms with E-state index in [1.54, 1.807) is 22.7 Å². The maximum absolute atomic E-state index is 12.7. The van der Waals surface area contributed by atoms with Gasteiger partial charge >= 0.3 is 0 Å². The molecule has 1 aliphatic rings. The topological polar surface area (TPSA) is 111 Å². The number of rotatable bonds is 6. The molecule has 1 aromatic heterocycles. The van der Waals surface area contributed by atoms with E-state index < -0.39 is 16.3 Å². The van der Waals surface area contributed by atoms with E-state index in [2.05, 4.69) is 9.82 Å². The van der Waals surface area contributed by atoms with Crippen LogP contribution in [0.5, 0.6) is 0 Å². The lowest BCUT2D eigenvalue weighted by molar-refractivity contribution is -0.121. The van der Waals surface area contributed by atoms with Crippen molar-refractivity contribution in [2.24, 2.45) is 7.05 Å². The Labute approximate surface area is 142 Å². The summed E-state index contributed by atoms with van der Waals surface area (Å²) in [5.74, 6) is 0.362. The minimum atomic E-state index is -3.81. The summed E-state index contributed by atoms with van der Waals surface area (Å²) in [4.78, 5) is 14.3. The molecule has 1 saturated heterocycles. The van der Waals surface area contributed by atoms with Crippen molar-refractivity contribution in [3.05, 3.63) is 11.8 Å². The standard InChI is InChI=1S/C14H22N6O3S/c1-11-10-13(19(3)16-11)20-9-4-6-12(14(20)21)17-24(22,23)18(2)8-5-7-15/h10,12,17H,4-6,8-9H2,1-3H3/t12-/m1/s1. The van der Waals surface area contributed by atoms with Crippen LogP contribution in [0.2, 0.25) is 0 Å². The van der Waals surface area contributed by atoms with E-state index in [1.165, 1.54) is 7.05 Å². The molecule has 0 aliphatic carbocycles. The predicted octanol–water partition coefficient (Wildman–Crippen LogP) is -0.0962. The van der Waals surface area contributed by atoms with Crippen LogP contribution in [-0.4, -0.2) is 54.6 Å². The third-order valence-electron chi connectivity index (χ3n) is 3.93. The molecule has 9 nitrogen and oxygen atoms in total. The third kappa shape index (κ3) is 3.92. The highest BCUT2D eigenvalue weighted by atomic mass is 32.2. The number of carbonyl (C=O) groups excluding carboxylic acids is 1. The lowest BCUT2D eigenvalue weighted by Crippen LogP contribution is -2.55. The van der Waals surface area contributed by atoms with Gasteiger partial charge in [-0.1, -0.05) is 0 Å². The SMILES string of the molecule is Cc1cc(N2CCC[C@@H](NS(=O)(=O)N(C)CCC#N)C2=O)n(C)n1. The van der Waals surface area contributed by atoms with Gasteiger partial charge in [0.05, 0.1) is 11.8 Å². The smallest absolute Gasteiger partial charge is 0.279 e. The Bertz CT molecular complexity index is 751. The van der Waals surface area contributed by atoms with Crippen molar-refractivity contribution in [2.75, 3.05) is 25.0 Å². The van der Waals surface area contributed by atoms with Crippen LogP contribution in [0, 0.1) is 18.3 Å². The first kappa shape index (κ1) is 18.4. The van der Waals surface area contributed by atoms with Gasteiger partial charge in [0.1, 0.15) is 11.9 Å². The second-order valence-corrected chi connectivity index (χ2v) is 7.61. The first-order valence-electron chi connectivity index (χ1n) is 7.69. The van der Waals surface area contributed by atoms with E-state index in [-0.39, 0.29) is 18.9 Å². The monoisotopic (exact) mass is 354 g/mol. The summed E-state index contributed by atoms with van der Waals surface area (Å²) in [5, 5.41) is 12.8. The summed E-state index contributed by atoms with van der Waals surface area (Å²) in [6.07, 6.45) is 1.22. The fourth-order valence-corrected chi connectivity index (χ4v) is 3.75. The Morgan fingerprint density at radius 3 is 2.83 bits per heavy atom. The van der Waals surface area contributed by atoms with Gasteiger partial charge in [0.25, 0.3) is 10.2 Å². The quantitative estimate of drug-likeness (QED) is 0.767. The normalized spacial score (nSPS) is 18.9. The van der Waals surface area contributed by atoms with Crippen molar-refractivity contribution in [3.63, 3.8) is 0 Å². The first-order chi connectivity index (χ1) is 11.3. The molecule has 1 aromatic rings. The molecule has 1 amide bonds. The molecule has 1 aliphatic heterocycles. The third-order valence-corrected chi connectivity index (χ3v) is 5.52. The molecule has 2 heterocycles. The van der Waals surface area contributed by atoms with Crippen LogP contribution >= 0.6 is 0 Å². The molecule has 132 valence electrons. The van der Waals surface area contributed by atoms with Crippen LogP contribution in [0.4, 0.5) is 5.82 Å². The summed E-state index contributed by atoms with van der Waals surface area (Å²) in [6, 6.07) is 2.88. The highest BCUT2D eigenvalue weighted by molar-refractivity contribution is 7.87. The van der Waals surface area contributed by atoms with Crippen molar-refractivity contribution < 1.29 is 13.2 Å². The highest BCUT2D eigenvalue weighted by Crippen LogP contribution is 2.22. The van der Waals surface area contributed by atoms with Crippen molar-refractivity contribution >= 4 is 21.9 Å². The number of amides is 1. The Kier molecular flexibility index (Phi) is 5.58. The number of piperidine rings is 1. The molecule has 0 bridgehead atoms. The van der Waals surface area contributed by atoms with Gasteiger partial charge in [-0.25, -0.2) is 0 Å². The van der Waals surface area contributed by atoms with Gasteiger partial charge in [-0.2, -0.15) is 27.8 Å². The Hall–Kier alpha value is -1.96. The molecule has 1 atom stereocenters. The molecule has 2 rings (SSSR count). The lowest BCUT2D eigenvalue weighted by atomic mass is 10.1. The average molecular weight is 354 g/mol. The second-order valence-electron chi connectivity index (χ2n) is 5.80. The number of aromatic nitrogens is 2. The Balaban J connectivity index is 2.13. The summed E-state index contributed by atoms with van der Waals surface area (Å²) in [5.41, 5.74) is 0.791. The number of carbonyl (C=O) groups is 1. The van der Waals surface area contributed by atoms with E-state index in [0.717, 1.165) is 10.00 Å². The van der Waals surface area contributed by atoms with Gasteiger partial charge in [0.2, 0.25) is 5.91 Å². The van der Waals surface area contributed by atoms with Crippen LogP contribution in [-0.2, 0) is 22.1 Å². The maximum atomic E-state index is 12.7. The van der Waals surface area contributed by atoms with Crippen molar-refractivity contribution in [3.8, 4) is 6.07 Å². The fraction of sp³-hybridized carbons (Fsp3) is 0.643. The molecule has 24 heavy (non-hydrogen) atoms. The highest BCUT2D eigenvalue weighted by Gasteiger charge is 2.34. The molecule has 0 unspecified atom stereocenters. The lowest BCUT2D eigenvalue weighted by Gasteiger charge is -2.32. The zero-order chi connectivity index (χ0) is 17.9. The zero-order valence-corrected chi connectivity index (χ0v) is 14.9. The average Bonchev–Trinajstić information content (AvgIpc) is 2.85. The van der Waals surface area contributed by atoms with Crippen LogP contribution in [0.15, 0.2) is 6.07 Å². The largest absolute Gasteiger partial charge is 0.296 e. The molecule has 0 aromatic carbocycles. The number of hydrogen-bond donors (Lipinski definition) is 1. The molecule has 1 fully saturated rings. The number of aryl methyl sites for hydroxylation is 2. The van der Waals surface area contributed by atoms with E-state index in [1.807, 2.05) is 13.0 Å². The summed E-state index contributed by atoms with van der Waals surface area (Å²) in [6.45, 7) is 2.44. The van der Waals surface area contributed by atoms with E-state index in [9.17, 15) is 13.2 Å². The molecule has 10 heteroatoms. The van der Waals surface area contributed by atoms with Gasteiger partial charge in [-0.3, -0.25) is 14.4 Å². The molecule has 1 N–H and O–H groups in total. The van der Waals surface area contributed by atoms with E-state index in [4.69, 9.17) is 5.26 Å². The van der Waals surface area contributed by atoms with Crippen LogP contribution in [0.3, 0.4) is 0 Å².